The van der Waals surface area contributed by atoms with Crippen LogP contribution in [0.25, 0.3) is 0 Å². The number of carbonyl (C=O) groups excluding carboxylic acids is 2. The monoisotopic (exact) mass is 250 g/mol. The van der Waals surface area contributed by atoms with E-state index in [1.165, 1.54) is 0 Å². The van der Waals surface area contributed by atoms with Crippen LogP contribution in [0.4, 0.5) is 0 Å². The van der Waals surface area contributed by atoms with E-state index in [1.807, 2.05) is 6.92 Å². The van der Waals surface area contributed by atoms with E-state index in [0.717, 1.165) is 0 Å². The van der Waals surface area contributed by atoms with Crippen molar-refractivity contribution in [3.63, 3.8) is 0 Å². The molecule has 98 valence electrons. The van der Waals surface area contributed by atoms with Crippen LogP contribution in [0.3, 0.4) is 0 Å². The maximum Gasteiger partial charge on any atom is 0.248 e. The molecule has 0 radical (unpaired) electrons. The van der Waals surface area contributed by atoms with Gasteiger partial charge >= 0.3 is 0 Å². The Kier molecular flexibility index (Phi) is 3.15. The predicted octanol–water partition coefficient (Wildman–Crippen LogP) is 1.30. The molecule has 2 heterocycles. The maximum atomic E-state index is 12.4. The number of hydrogen-bond acceptors (Lipinski definition) is 3. The molecule has 0 aromatic carbocycles. The molecular formula is C13H18N2O3. The van der Waals surface area contributed by atoms with E-state index in [4.69, 9.17) is 4.42 Å². The summed E-state index contributed by atoms with van der Waals surface area (Å²) in [6.45, 7) is 5.66. The number of amides is 2. The zero-order valence-electron chi connectivity index (χ0n) is 10.9. The topological polar surface area (TPSA) is 62.6 Å². The number of nitrogens with one attached hydrogen (secondary N) is 1. The van der Waals surface area contributed by atoms with E-state index in [-0.39, 0.29) is 11.8 Å². The van der Waals surface area contributed by atoms with Gasteiger partial charge in [0, 0.05) is 0 Å². The third-order valence-electron chi connectivity index (χ3n) is 3.20. The van der Waals surface area contributed by atoms with Gasteiger partial charge in [-0.25, -0.2) is 0 Å². The maximum absolute atomic E-state index is 12.4. The van der Waals surface area contributed by atoms with E-state index < -0.39 is 11.6 Å². The van der Waals surface area contributed by atoms with E-state index in [1.54, 1.807) is 37.1 Å². The van der Waals surface area contributed by atoms with E-state index >= 15 is 0 Å². The normalized spacial score (nSPS) is 23.1. The molecule has 1 saturated heterocycles. The molecule has 0 saturated carbocycles. The van der Waals surface area contributed by atoms with Gasteiger partial charge in [0.15, 0.2) is 0 Å². The fraction of sp³-hybridized carbons (Fsp3) is 0.538. The lowest BCUT2D eigenvalue weighted by Gasteiger charge is -2.42. The molecule has 18 heavy (non-hydrogen) atoms. The Morgan fingerprint density at radius 3 is 2.72 bits per heavy atom. The molecular weight excluding hydrogens is 232 g/mol. The first-order valence-corrected chi connectivity index (χ1v) is 6.11. The van der Waals surface area contributed by atoms with Gasteiger partial charge in [-0.1, -0.05) is 6.92 Å². The molecule has 1 aromatic rings. The first-order chi connectivity index (χ1) is 8.45. The third kappa shape index (κ3) is 2.12. The van der Waals surface area contributed by atoms with Gasteiger partial charge in [-0.15, -0.1) is 0 Å². The molecule has 0 aliphatic carbocycles. The van der Waals surface area contributed by atoms with Crippen molar-refractivity contribution in [1.29, 1.82) is 0 Å². The average molecular weight is 250 g/mol. The van der Waals surface area contributed by atoms with E-state index in [9.17, 15) is 9.59 Å². The van der Waals surface area contributed by atoms with Crippen molar-refractivity contribution in [2.45, 2.75) is 45.3 Å². The standard InChI is InChI=1S/C13H18N2O3/c1-4-10-11(16)14-13(2,3)12(17)15(10)8-9-6-5-7-18-9/h5-7,10H,4,8H2,1-3H3,(H,14,16). The van der Waals surface area contributed by atoms with Crippen molar-refractivity contribution >= 4 is 11.8 Å². The van der Waals surface area contributed by atoms with Crippen LogP contribution in [0.1, 0.15) is 33.0 Å². The summed E-state index contributed by atoms with van der Waals surface area (Å²) in [6, 6.07) is 3.16. The summed E-state index contributed by atoms with van der Waals surface area (Å²) in [5, 5.41) is 2.76. The van der Waals surface area contributed by atoms with Crippen LogP contribution in [0.2, 0.25) is 0 Å². The Balaban J connectivity index is 2.27. The molecule has 2 rings (SSSR count). The van der Waals surface area contributed by atoms with Crippen molar-refractivity contribution in [3.8, 4) is 0 Å². The van der Waals surface area contributed by atoms with E-state index in [0.29, 0.717) is 18.7 Å². The van der Waals surface area contributed by atoms with Crippen molar-refractivity contribution in [2.75, 3.05) is 0 Å². The average Bonchev–Trinajstić information content (AvgIpc) is 2.78. The minimum absolute atomic E-state index is 0.0784. The van der Waals surface area contributed by atoms with Crippen LogP contribution in [0, 0.1) is 0 Å². The molecule has 1 fully saturated rings. The largest absolute Gasteiger partial charge is 0.467 e. The Morgan fingerprint density at radius 1 is 1.44 bits per heavy atom. The summed E-state index contributed by atoms with van der Waals surface area (Å²) < 4.78 is 5.26. The highest BCUT2D eigenvalue weighted by Gasteiger charge is 2.44. The molecule has 5 heteroatoms. The molecule has 0 spiro atoms. The van der Waals surface area contributed by atoms with Gasteiger partial charge in [0.2, 0.25) is 11.8 Å². The van der Waals surface area contributed by atoms with Crippen LogP contribution in [-0.2, 0) is 16.1 Å². The first kappa shape index (κ1) is 12.7. The van der Waals surface area contributed by atoms with Crippen LogP contribution in [-0.4, -0.2) is 28.3 Å². The quantitative estimate of drug-likeness (QED) is 0.879. The molecule has 5 nitrogen and oxygen atoms in total. The SMILES string of the molecule is CCC1C(=O)NC(C)(C)C(=O)N1Cc1ccco1. The zero-order valence-corrected chi connectivity index (χ0v) is 10.9. The predicted molar refractivity (Wildman–Crippen MR) is 65.6 cm³/mol. The Morgan fingerprint density at radius 2 is 2.17 bits per heavy atom. The van der Waals surface area contributed by atoms with Crippen molar-refractivity contribution in [3.05, 3.63) is 24.2 Å². The summed E-state index contributed by atoms with van der Waals surface area (Å²) in [5.74, 6) is 0.506. The zero-order chi connectivity index (χ0) is 13.3. The summed E-state index contributed by atoms with van der Waals surface area (Å²) in [4.78, 5) is 25.9. The molecule has 1 aliphatic heterocycles. The molecule has 0 bridgehead atoms. The minimum atomic E-state index is -0.852. The minimum Gasteiger partial charge on any atom is -0.467 e. The summed E-state index contributed by atoms with van der Waals surface area (Å²) >= 11 is 0. The number of carbonyl (C=O) groups is 2. The number of nitrogens with zero attached hydrogens (tertiary/aromatic N) is 1. The first-order valence-electron chi connectivity index (χ1n) is 6.11. The van der Waals surface area contributed by atoms with Gasteiger partial charge in [-0.3, -0.25) is 9.59 Å². The Bertz CT molecular complexity index is 451. The number of piperazine rings is 1. The van der Waals surface area contributed by atoms with Gasteiger partial charge in [-0.2, -0.15) is 0 Å². The lowest BCUT2D eigenvalue weighted by molar-refractivity contribution is -0.154. The van der Waals surface area contributed by atoms with Crippen molar-refractivity contribution < 1.29 is 14.0 Å². The van der Waals surface area contributed by atoms with Gasteiger partial charge in [0.05, 0.1) is 12.8 Å². The fourth-order valence-electron chi connectivity index (χ4n) is 2.25. The molecule has 1 atom stereocenters. The number of hydrogen-bond donors (Lipinski definition) is 1. The second-order valence-electron chi connectivity index (χ2n) is 5.05. The second-order valence-corrected chi connectivity index (χ2v) is 5.05. The highest BCUT2D eigenvalue weighted by Crippen LogP contribution is 2.22. The van der Waals surface area contributed by atoms with Crippen LogP contribution >= 0.6 is 0 Å². The van der Waals surface area contributed by atoms with Crippen LogP contribution in [0.5, 0.6) is 0 Å². The molecule has 1 N–H and O–H groups in total. The van der Waals surface area contributed by atoms with Crippen LogP contribution < -0.4 is 5.32 Å². The Hall–Kier alpha value is -1.78. The highest BCUT2D eigenvalue weighted by molar-refractivity contribution is 5.99. The Labute approximate surface area is 106 Å². The van der Waals surface area contributed by atoms with Crippen molar-refractivity contribution in [1.82, 2.24) is 10.2 Å². The van der Waals surface area contributed by atoms with Crippen molar-refractivity contribution in [2.24, 2.45) is 0 Å². The number of furan rings is 1. The summed E-state index contributed by atoms with van der Waals surface area (Å²) in [7, 11) is 0. The summed E-state index contributed by atoms with van der Waals surface area (Å²) in [5.41, 5.74) is -0.852. The van der Waals surface area contributed by atoms with Gasteiger partial charge in [0.25, 0.3) is 0 Å². The third-order valence-corrected chi connectivity index (χ3v) is 3.20. The lowest BCUT2D eigenvalue weighted by atomic mass is 9.95. The van der Waals surface area contributed by atoms with Gasteiger partial charge in [-0.05, 0) is 32.4 Å². The van der Waals surface area contributed by atoms with Gasteiger partial charge < -0.3 is 14.6 Å². The molecule has 1 aliphatic rings. The summed E-state index contributed by atoms with van der Waals surface area (Å²) in [6.07, 6.45) is 2.16. The highest BCUT2D eigenvalue weighted by atomic mass is 16.3. The molecule has 2 amide bonds. The van der Waals surface area contributed by atoms with Crippen LogP contribution in [0.15, 0.2) is 22.8 Å². The fourth-order valence-corrected chi connectivity index (χ4v) is 2.25. The lowest BCUT2D eigenvalue weighted by Crippen LogP contribution is -2.67. The molecule has 1 unspecified atom stereocenters. The smallest absolute Gasteiger partial charge is 0.248 e. The second kappa shape index (κ2) is 4.48. The van der Waals surface area contributed by atoms with E-state index in [2.05, 4.69) is 5.32 Å². The number of rotatable bonds is 3. The van der Waals surface area contributed by atoms with Gasteiger partial charge in [0.1, 0.15) is 17.3 Å². The molecule has 1 aromatic heterocycles.